The molecule has 0 N–H and O–H groups in total. The van der Waals surface area contributed by atoms with Crippen LogP contribution in [0.4, 0.5) is 0 Å². The van der Waals surface area contributed by atoms with Gasteiger partial charge in [-0.2, -0.15) is 0 Å². The van der Waals surface area contributed by atoms with Gasteiger partial charge in [0.1, 0.15) is 5.75 Å². The fourth-order valence-electron chi connectivity index (χ4n) is 3.15. The summed E-state index contributed by atoms with van der Waals surface area (Å²) in [4.78, 5) is 14.3. The zero-order valence-electron chi connectivity index (χ0n) is 12.4. The van der Waals surface area contributed by atoms with E-state index in [0.717, 1.165) is 38.7 Å². The molecule has 1 unspecified atom stereocenters. The Hall–Kier alpha value is -0.620. The van der Waals surface area contributed by atoms with E-state index < -0.39 is 15.1 Å². The maximum atomic E-state index is 12.5. The Morgan fingerprint density at radius 1 is 1.25 bits per heavy atom. The van der Waals surface area contributed by atoms with E-state index in [1.54, 1.807) is 18.7 Å². The highest BCUT2D eigenvalue weighted by Crippen LogP contribution is 2.35. The summed E-state index contributed by atoms with van der Waals surface area (Å²) in [6.45, 7) is 5.21. The summed E-state index contributed by atoms with van der Waals surface area (Å²) in [5.41, 5.74) is -0.250. The molecule has 1 spiro atoms. The summed E-state index contributed by atoms with van der Waals surface area (Å²) in [5.74, 6) is -0.615. The van der Waals surface area contributed by atoms with Crippen LogP contribution >= 0.6 is 0 Å². The lowest BCUT2D eigenvalue weighted by molar-refractivity contribution is -0.145. The van der Waals surface area contributed by atoms with Gasteiger partial charge in [0.2, 0.25) is 5.91 Å². The largest absolute Gasteiger partial charge is 0.379 e. The lowest BCUT2D eigenvalue weighted by Gasteiger charge is -2.49. The molecule has 0 aromatic carbocycles. The molecule has 0 aliphatic carbocycles. The molecule has 0 aromatic rings. The predicted molar refractivity (Wildman–Crippen MR) is 77.3 cm³/mol. The average Bonchev–Trinajstić information content (AvgIpc) is 2.39. The number of ether oxygens (including phenoxy) is 1. The molecule has 2 aliphatic rings. The van der Waals surface area contributed by atoms with Gasteiger partial charge >= 0.3 is 0 Å². The first-order chi connectivity index (χ1) is 9.37. The first-order valence-electron chi connectivity index (χ1n) is 7.47. The fourth-order valence-corrected chi connectivity index (χ4v) is 3.98. The molecule has 1 amide bonds. The van der Waals surface area contributed by atoms with Gasteiger partial charge in [-0.3, -0.25) is 4.79 Å². The minimum absolute atomic E-state index is 0.246. The van der Waals surface area contributed by atoms with Crippen LogP contribution in [0.5, 0.6) is 0 Å². The van der Waals surface area contributed by atoms with Gasteiger partial charge in [-0.15, -0.1) is 0 Å². The summed E-state index contributed by atoms with van der Waals surface area (Å²) in [5, 5.41) is -0.505. The summed E-state index contributed by atoms with van der Waals surface area (Å²) in [6, 6.07) is 0. The molecular formula is C14H25NO4S. The third kappa shape index (κ3) is 3.17. The first kappa shape index (κ1) is 15.8. The molecule has 6 heteroatoms. The van der Waals surface area contributed by atoms with Gasteiger partial charge in [0, 0.05) is 13.2 Å². The molecule has 2 heterocycles. The van der Waals surface area contributed by atoms with Crippen molar-refractivity contribution in [3.8, 4) is 0 Å². The number of sulfone groups is 1. The predicted octanol–water partition coefficient (Wildman–Crippen LogP) is 1.37. The number of amides is 1. The minimum Gasteiger partial charge on any atom is -0.379 e. The van der Waals surface area contributed by atoms with E-state index in [2.05, 4.69) is 0 Å². The smallest absolute Gasteiger partial charge is 0.238 e. The molecule has 5 nitrogen and oxygen atoms in total. The standard InChI is InChI=1S/C14H25NO4S/c1-12(2)20(17,18)10-13(16)15-8-4-3-6-14(15)7-5-9-19-11-14/h12H,3-11H2,1-2H3. The van der Waals surface area contributed by atoms with E-state index in [0.29, 0.717) is 13.2 Å². The van der Waals surface area contributed by atoms with Crippen molar-refractivity contribution in [3.63, 3.8) is 0 Å². The molecule has 2 saturated heterocycles. The normalized spacial score (nSPS) is 28.1. The van der Waals surface area contributed by atoms with Crippen LogP contribution in [0.2, 0.25) is 0 Å². The van der Waals surface area contributed by atoms with Crippen molar-refractivity contribution in [2.24, 2.45) is 0 Å². The van der Waals surface area contributed by atoms with Crippen molar-refractivity contribution in [1.82, 2.24) is 4.90 Å². The van der Waals surface area contributed by atoms with Crippen molar-refractivity contribution in [2.45, 2.75) is 56.7 Å². The zero-order chi connectivity index (χ0) is 14.8. The molecule has 116 valence electrons. The Kier molecular flexibility index (Phi) is 4.74. The molecule has 2 fully saturated rings. The SMILES string of the molecule is CC(C)S(=O)(=O)CC(=O)N1CCCCC12CCCOC2. The molecule has 0 radical (unpaired) electrons. The molecule has 0 bridgehead atoms. The Morgan fingerprint density at radius 3 is 2.55 bits per heavy atom. The van der Waals surface area contributed by atoms with Crippen LogP contribution in [0.25, 0.3) is 0 Å². The quantitative estimate of drug-likeness (QED) is 0.790. The molecule has 0 aromatic heterocycles. The topological polar surface area (TPSA) is 63.7 Å². The summed E-state index contributed by atoms with van der Waals surface area (Å²) in [6.07, 6.45) is 4.85. The Morgan fingerprint density at radius 2 is 1.95 bits per heavy atom. The van der Waals surface area contributed by atoms with Gasteiger partial charge in [-0.05, 0) is 46.0 Å². The second-order valence-electron chi connectivity index (χ2n) is 6.24. The van der Waals surface area contributed by atoms with Crippen LogP contribution in [-0.4, -0.2) is 55.5 Å². The van der Waals surface area contributed by atoms with Gasteiger partial charge in [0.25, 0.3) is 0 Å². The maximum Gasteiger partial charge on any atom is 0.238 e. The van der Waals surface area contributed by atoms with Crippen molar-refractivity contribution >= 4 is 15.7 Å². The Labute approximate surface area is 121 Å². The maximum absolute atomic E-state index is 12.5. The van der Waals surface area contributed by atoms with Crippen LogP contribution in [0, 0.1) is 0 Å². The van der Waals surface area contributed by atoms with E-state index in [1.807, 2.05) is 0 Å². The molecule has 1 atom stereocenters. The van der Waals surface area contributed by atoms with Gasteiger partial charge in [0.05, 0.1) is 17.4 Å². The van der Waals surface area contributed by atoms with E-state index in [4.69, 9.17) is 4.74 Å². The highest BCUT2D eigenvalue weighted by atomic mass is 32.2. The van der Waals surface area contributed by atoms with E-state index in [1.165, 1.54) is 0 Å². The lowest BCUT2D eigenvalue weighted by Crippen LogP contribution is -2.60. The molecular weight excluding hydrogens is 278 g/mol. The van der Waals surface area contributed by atoms with Crippen molar-refractivity contribution < 1.29 is 17.9 Å². The van der Waals surface area contributed by atoms with Gasteiger partial charge in [-0.1, -0.05) is 0 Å². The molecule has 20 heavy (non-hydrogen) atoms. The van der Waals surface area contributed by atoms with Crippen molar-refractivity contribution in [3.05, 3.63) is 0 Å². The third-order valence-corrected chi connectivity index (χ3v) is 6.58. The zero-order valence-corrected chi connectivity index (χ0v) is 13.2. The van der Waals surface area contributed by atoms with Crippen LogP contribution in [0.3, 0.4) is 0 Å². The van der Waals surface area contributed by atoms with Gasteiger partial charge in [-0.25, -0.2) is 8.42 Å². The highest BCUT2D eigenvalue weighted by molar-refractivity contribution is 7.92. The lowest BCUT2D eigenvalue weighted by atomic mass is 9.82. The van der Waals surface area contributed by atoms with Crippen LogP contribution in [0.1, 0.15) is 46.0 Å². The average molecular weight is 303 g/mol. The van der Waals surface area contributed by atoms with Crippen LogP contribution in [0.15, 0.2) is 0 Å². The number of hydrogen-bond donors (Lipinski definition) is 0. The monoisotopic (exact) mass is 303 g/mol. The minimum atomic E-state index is -3.33. The summed E-state index contributed by atoms with van der Waals surface area (Å²) < 4.78 is 29.5. The number of nitrogens with zero attached hydrogens (tertiary/aromatic N) is 1. The molecule has 0 saturated carbocycles. The third-order valence-electron chi connectivity index (χ3n) is 4.49. The number of hydrogen-bond acceptors (Lipinski definition) is 4. The number of rotatable bonds is 3. The van der Waals surface area contributed by atoms with E-state index in [-0.39, 0.29) is 17.2 Å². The van der Waals surface area contributed by atoms with Gasteiger partial charge in [0.15, 0.2) is 9.84 Å². The second kappa shape index (κ2) is 6.02. The van der Waals surface area contributed by atoms with Crippen LogP contribution < -0.4 is 0 Å². The summed E-state index contributed by atoms with van der Waals surface area (Å²) in [7, 11) is -3.33. The fraction of sp³-hybridized carbons (Fsp3) is 0.929. The number of piperidine rings is 1. The number of likely N-dealkylation sites (tertiary alicyclic amines) is 1. The number of carbonyl (C=O) groups excluding carboxylic acids is 1. The van der Waals surface area contributed by atoms with Gasteiger partial charge < -0.3 is 9.64 Å². The number of carbonyl (C=O) groups is 1. The second-order valence-corrected chi connectivity index (χ2v) is 8.80. The highest BCUT2D eigenvalue weighted by Gasteiger charge is 2.43. The van der Waals surface area contributed by atoms with E-state index >= 15 is 0 Å². The van der Waals surface area contributed by atoms with E-state index in [9.17, 15) is 13.2 Å². The van der Waals surface area contributed by atoms with Crippen LogP contribution in [-0.2, 0) is 19.4 Å². The van der Waals surface area contributed by atoms with Crippen molar-refractivity contribution in [1.29, 1.82) is 0 Å². The molecule has 2 rings (SSSR count). The Balaban J connectivity index is 2.14. The Bertz CT molecular complexity index is 444. The summed E-state index contributed by atoms with van der Waals surface area (Å²) >= 11 is 0. The van der Waals surface area contributed by atoms with Crippen molar-refractivity contribution in [2.75, 3.05) is 25.5 Å². The molecule has 2 aliphatic heterocycles. The first-order valence-corrected chi connectivity index (χ1v) is 9.19.